The molecule has 0 spiro atoms. The lowest BCUT2D eigenvalue weighted by molar-refractivity contribution is -0.146. The van der Waals surface area contributed by atoms with Gasteiger partial charge in [0.15, 0.2) is 0 Å². The van der Waals surface area contributed by atoms with Crippen molar-refractivity contribution in [1.29, 1.82) is 0 Å². The first-order valence-electron chi connectivity index (χ1n) is 4.51. The Hall–Kier alpha value is -0.570. The number of carbonyl (C=O) groups is 1. The van der Waals surface area contributed by atoms with E-state index >= 15 is 0 Å². The number of unbranched alkanes of at least 4 members (excludes halogenated alkanes) is 1. The van der Waals surface area contributed by atoms with Crippen LogP contribution in [-0.2, 0) is 9.53 Å². The molecule has 0 rings (SSSR count). The first kappa shape index (κ1) is 11.4. The third-order valence-electron chi connectivity index (χ3n) is 1.73. The quantitative estimate of drug-likeness (QED) is 0.504. The van der Waals surface area contributed by atoms with E-state index in [2.05, 4.69) is 6.92 Å². The van der Waals surface area contributed by atoms with Crippen molar-refractivity contribution in [2.75, 3.05) is 6.61 Å². The highest BCUT2D eigenvalue weighted by molar-refractivity contribution is 5.75. The fourth-order valence-electron chi connectivity index (χ4n) is 0.685. The number of nitrogens with two attached hydrogens (primary N) is 1. The van der Waals surface area contributed by atoms with E-state index in [4.69, 9.17) is 10.5 Å². The predicted octanol–water partition coefficient (Wildman–Crippen LogP) is 1.31. The lowest BCUT2D eigenvalue weighted by Gasteiger charge is -2.13. The minimum Gasteiger partial charge on any atom is -0.465 e. The van der Waals surface area contributed by atoms with Crippen LogP contribution in [0.15, 0.2) is 0 Å². The van der Waals surface area contributed by atoms with Crippen LogP contribution in [0.2, 0.25) is 0 Å². The van der Waals surface area contributed by atoms with Crippen LogP contribution in [0.25, 0.3) is 0 Å². The van der Waals surface area contributed by atoms with Crippen LogP contribution >= 0.6 is 0 Å². The molecule has 0 fully saturated rings. The third-order valence-corrected chi connectivity index (χ3v) is 1.73. The zero-order chi connectivity index (χ0) is 9.56. The predicted molar refractivity (Wildman–Crippen MR) is 48.7 cm³/mol. The van der Waals surface area contributed by atoms with Crippen molar-refractivity contribution in [2.45, 2.75) is 39.7 Å². The molecule has 0 aromatic heterocycles. The smallest absolute Gasteiger partial charge is 0.323 e. The summed E-state index contributed by atoms with van der Waals surface area (Å²) in [5.74, 6) is -0.127. The number of ether oxygens (including phenoxy) is 1. The number of rotatable bonds is 5. The average molecular weight is 173 g/mol. The first-order valence-corrected chi connectivity index (χ1v) is 4.51. The van der Waals surface area contributed by atoms with Crippen molar-refractivity contribution in [3.63, 3.8) is 0 Å². The van der Waals surface area contributed by atoms with Gasteiger partial charge in [-0.2, -0.15) is 0 Å². The number of carbonyl (C=O) groups excluding carboxylic acids is 1. The fraction of sp³-hybridized carbons (Fsp3) is 0.889. The molecule has 0 unspecified atom stereocenters. The first-order chi connectivity index (χ1) is 5.59. The van der Waals surface area contributed by atoms with E-state index in [1.807, 2.05) is 13.8 Å². The zero-order valence-electron chi connectivity index (χ0n) is 8.17. The molecule has 0 saturated heterocycles. The van der Waals surface area contributed by atoms with E-state index in [9.17, 15) is 4.79 Å². The summed E-state index contributed by atoms with van der Waals surface area (Å²) < 4.78 is 4.94. The van der Waals surface area contributed by atoms with Crippen LogP contribution in [0.5, 0.6) is 0 Å². The molecule has 0 aromatic rings. The van der Waals surface area contributed by atoms with E-state index in [0.717, 1.165) is 12.8 Å². The minimum absolute atomic E-state index is 0.152. The van der Waals surface area contributed by atoms with Gasteiger partial charge in [0.25, 0.3) is 0 Å². The monoisotopic (exact) mass is 173 g/mol. The summed E-state index contributed by atoms with van der Waals surface area (Å²) in [6, 6.07) is -0.471. The van der Waals surface area contributed by atoms with E-state index in [1.165, 1.54) is 0 Å². The molecule has 0 aliphatic heterocycles. The van der Waals surface area contributed by atoms with E-state index in [-0.39, 0.29) is 11.9 Å². The number of hydrogen-bond donors (Lipinski definition) is 1. The molecule has 0 heterocycles. The molecular weight excluding hydrogens is 154 g/mol. The normalized spacial score (nSPS) is 13.1. The van der Waals surface area contributed by atoms with Crippen molar-refractivity contribution in [1.82, 2.24) is 0 Å². The largest absolute Gasteiger partial charge is 0.465 e. The van der Waals surface area contributed by atoms with Gasteiger partial charge >= 0.3 is 5.97 Å². The van der Waals surface area contributed by atoms with Crippen LogP contribution in [0.4, 0.5) is 0 Å². The summed E-state index contributed by atoms with van der Waals surface area (Å²) in [6.07, 6.45) is 1.95. The Morgan fingerprint density at radius 2 is 2.08 bits per heavy atom. The molecule has 72 valence electrons. The maximum atomic E-state index is 11.1. The molecule has 2 N–H and O–H groups in total. The highest BCUT2D eigenvalue weighted by atomic mass is 16.5. The fourth-order valence-corrected chi connectivity index (χ4v) is 0.685. The second-order valence-corrected chi connectivity index (χ2v) is 3.29. The van der Waals surface area contributed by atoms with Crippen LogP contribution in [0.3, 0.4) is 0 Å². The van der Waals surface area contributed by atoms with Gasteiger partial charge < -0.3 is 10.5 Å². The SMILES string of the molecule is CCCCOC(=O)[C@@H](N)C(C)C. The van der Waals surface area contributed by atoms with Gasteiger partial charge in [-0.15, -0.1) is 0 Å². The van der Waals surface area contributed by atoms with Crippen molar-refractivity contribution in [3.05, 3.63) is 0 Å². The molecule has 0 amide bonds. The second-order valence-electron chi connectivity index (χ2n) is 3.29. The standard InChI is InChI=1S/C9H19NO2/c1-4-5-6-12-9(11)8(10)7(2)3/h7-8H,4-6,10H2,1-3H3/t8-/m0/s1. The summed E-state index contributed by atoms with van der Waals surface area (Å²) in [6.45, 7) is 6.36. The molecule has 0 aromatic carbocycles. The topological polar surface area (TPSA) is 52.3 Å². The van der Waals surface area contributed by atoms with Gasteiger partial charge in [0.1, 0.15) is 6.04 Å². The minimum atomic E-state index is -0.471. The summed E-state index contributed by atoms with van der Waals surface area (Å²) in [5, 5.41) is 0. The molecule has 12 heavy (non-hydrogen) atoms. The molecule has 0 radical (unpaired) electrons. The Morgan fingerprint density at radius 1 is 1.50 bits per heavy atom. The van der Waals surface area contributed by atoms with Crippen LogP contribution in [0.1, 0.15) is 33.6 Å². The molecule has 0 bridgehead atoms. The van der Waals surface area contributed by atoms with E-state index in [1.54, 1.807) is 0 Å². The lowest BCUT2D eigenvalue weighted by atomic mass is 10.1. The van der Waals surface area contributed by atoms with Crippen LogP contribution in [-0.4, -0.2) is 18.6 Å². The summed E-state index contributed by atoms with van der Waals surface area (Å²) in [4.78, 5) is 11.1. The van der Waals surface area contributed by atoms with Gasteiger partial charge in [0.05, 0.1) is 6.61 Å². The zero-order valence-corrected chi connectivity index (χ0v) is 8.17. The third kappa shape index (κ3) is 4.34. The molecule has 0 aliphatic carbocycles. The molecule has 0 saturated carbocycles. The molecule has 1 atom stereocenters. The second kappa shape index (κ2) is 6.00. The van der Waals surface area contributed by atoms with Gasteiger partial charge in [0.2, 0.25) is 0 Å². The van der Waals surface area contributed by atoms with Gasteiger partial charge in [-0.05, 0) is 12.3 Å². The lowest BCUT2D eigenvalue weighted by Crippen LogP contribution is -2.37. The Balaban J connectivity index is 3.57. The summed E-state index contributed by atoms with van der Waals surface area (Å²) >= 11 is 0. The highest BCUT2D eigenvalue weighted by Crippen LogP contribution is 2.01. The summed E-state index contributed by atoms with van der Waals surface area (Å²) in [5.41, 5.74) is 5.57. The van der Waals surface area contributed by atoms with Crippen molar-refractivity contribution < 1.29 is 9.53 Å². The van der Waals surface area contributed by atoms with E-state index < -0.39 is 6.04 Å². The number of hydrogen-bond acceptors (Lipinski definition) is 3. The Labute approximate surface area is 74.3 Å². The molecule has 0 aliphatic rings. The average Bonchev–Trinajstić information content (AvgIpc) is 2.03. The van der Waals surface area contributed by atoms with Crippen LogP contribution < -0.4 is 5.73 Å². The van der Waals surface area contributed by atoms with Gasteiger partial charge in [-0.25, -0.2) is 0 Å². The molecule has 3 nitrogen and oxygen atoms in total. The molecule has 3 heteroatoms. The Bertz CT molecular complexity index is 134. The van der Waals surface area contributed by atoms with Crippen molar-refractivity contribution in [2.24, 2.45) is 11.7 Å². The maximum absolute atomic E-state index is 11.1. The van der Waals surface area contributed by atoms with Crippen molar-refractivity contribution in [3.8, 4) is 0 Å². The van der Waals surface area contributed by atoms with Gasteiger partial charge in [-0.1, -0.05) is 27.2 Å². The maximum Gasteiger partial charge on any atom is 0.323 e. The Morgan fingerprint density at radius 3 is 2.50 bits per heavy atom. The summed E-state index contributed by atoms with van der Waals surface area (Å²) in [7, 11) is 0. The Kier molecular flexibility index (Phi) is 5.72. The van der Waals surface area contributed by atoms with Gasteiger partial charge in [0, 0.05) is 0 Å². The van der Waals surface area contributed by atoms with E-state index in [0.29, 0.717) is 6.61 Å². The highest BCUT2D eigenvalue weighted by Gasteiger charge is 2.17. The van der Waals surface area contributed by atoms with Gasteiger partial charge in [-0.3, -0.25) is 4.79 Å². The van der Waals surface area contributed by atoms with Crippen molar-refractivity contribution >= 4 is 5.97 Å². The van der Waals surface area contributed by atoms with Crippen LogP contribution in [0, 0.1) is 5.92 Å². The number of esters is 1. The molecular formula is C9H19NO2.